The lowest BCUT2D eigenvalue weighted by molar-refractivity contribution is 0.112. The minimum absolute atomic E-state index is 0.416. The first-order valence-electron chi connectivity index (χ1n) is 5.08. The number of nitrogens with zero attached hydrogens (tertiary/aromatic N) is 1. The summed E-state index contributed by atoms with van der Waals surface area (Å²) in [4.78, 5) is 15.0. The fourth-order valence-electron chi connectivity index (χ4n) is 1.53. The summed E-state index contributed by atoms with van der Waals surface area (Å²) in [6, 6.07) is 1.91. The molecular formula is C12H13NO2. The normalized spacial score (nSPS) is 12.9. The first-order chi connectivity index (χ1) is 7.26. The first-order valence-corrected chi connectivity index (χ1v) is 5.08. The van der Waals surface area contributed by atoms with Crippen molar-refractivity contribution in [2.45, 2.75) is 26.2 Å². The highest BCUT2D eigenvalue weighted by atomic mass is 16.3. The van der Waals surface area contributed by atoms with Gasteiger partial charge in [0.2, 0.25) is 0 Å². The Labute approximate surface area is 88.1 Å². The number of hydrogen-bond acceptors (Lipinski definition) is 3. The SMILES string of the molecule is CCC(C)c1cc2occ(C=O)c2cn1. The fourth-order valence-corrected chi connectivity index (χ4v) is 1.53. The highest BCUT2D eigenvalue weighted by Crippen LogP contribution is 2.23. The minimum Gasteiger partial charge on any atom is -0.463 e. The van der Waals surface area contributed by atoms with Gasteiger partial charge in [0.05, 0.1) is 5.56 Å². The van der Waals surface area contributed by atoms with Crippen molar-refractivity contribution in [3.63, 3.8) is 0 Å². The molecule has 2 heterocycles. The van der Waals surface area contributed by atoms with Crippen LogP contribution in [0.25, 0.3) is 11.0 Å². The molecule has 0 saturated carbocycles. The van der Waals surface area contributed by atoms with Crippen molar-refractivity contribution in [2.75, 3.05) is 0 Å². The lowest BCUT2D eigenvalue weighted by atomic mass is 10.0. The molecule has 1 atom stereocenters. The third-order valence-corrected chi connectivity index (χ3v) is 2.76. The van der Waals surface area contributed by atoms with E-state index in [0.29, 0.717) is 11.5 Å². The summed E-state index contributed by atoms with van der Waals surface area (Å²) in [6.45, 7) is 4.24. The van der Waals surface area contributed by atoms with Gasteiger partial charge in [-0.3, -0.25) is 9.78 Å². The first kappa shape index (κ1) is 9.90. The summed E-state index contributed by atoms with van der Waals surface area (Å²) >= 11 is 0. The average Bonchev–Trinajstić information content (AvgIpc) is 2.69. The number of carbonyl (C=O) groups is 1. The van der Waals surface area contributed by atoms with Crippen molar-refractivity contribution >= 4 is 17.3 Å². The molecule has 0 bridgehead atoms. The third-order valence-electron chi connectivity index (χ3n) is 2.76. The lowest BCUT2D eigenvalue weighted by Crippen LogP contribution is -1.94. The van der Waals surface area contributed by atoms with Crippen LogP contribution in [-0.2, 0) is 0 Å². The Kier molecular flexibility index (Phi) is 2.54. The van der Waals surface area contributed by atoms with Gasteiger partial charge in [-0.25, -0.2) is 0 Å². The molecule has 0 aliphatic heterocycles. The van der Waals surface area contributed by atoms with E-state index in [2.05, 4.69) is 18.8 Å². The maximum atomic E-state index is 10.7. The van der Waals surface area contributed by atoms with Gasteiger partial charge in [0.15, 0.2) is 6.29 Å². The van der Waals surface area contributed by atoms with E-state index in [-0.39, 0.29) is 0 Å². The third kappa shape index (κ3) is 1.65. The highest BCUT2D eigenvalue weighted by molar-refractivity contribution is 5.95. The van der Waals surface area contributed by atoms with Gasteiger partial charge in [0, 0.05) is 23.3 Å². The number of rotatable bonds is 3. The van der Waals surface area contributed by atoms with Gasteiger partial charge in [0.1, 0.15) is 11.8 Å². The number of hydrogen-bond donors (Lipinski definition) is 0. The highest BCUT2D eigenvalue weighted by Gasteiger charge is 2.09. The molecule has 0 amide bonds. The molecule has 0 N–H and O–H groups in total. The number of aldehydes is 1. The second kappa shape index (κ2) is 3.85. The Morgan fingerprint density at radius 2 is 2.40 bits per heavy atom. The van der Waals surface area contributed by atoms with Crippen LogP contribution >= 0.6 is 0 Å². The summed E-state index contributed by atoms with van der Waals surface area (Å²) < 4.78 is 5.30. The summed E-state index contributed by atoms with van der Waals surface area (Å²) in [6.07, 6.45) is 5.01. The van der Waals surface area contributed by atoms with Crippen molar-refractivity contribution in [2.24, 2.45) is 0 Å². The number of carbonyl (C=O) groups excluding carboxylic acids is 1. The largest absolute Gasteiger partial charge is 0.463 e. The molecule has 78 valence electrons. The fraction of sp³-hybridized carbons (Fsp3) is 0.333. The monoisotopic (exact) mass is 203 g/mol. The zero-order valence-electron chi connectivity index (χ0n) is 8.86. The molecule has 0 saturated heterocycles. The Bertz CT molecular complexity index is 487. The number of aromatic nitrogens is 1. The van der Waals surface area contributed by atoms with Crippen LogP contribution in [0.3, 0.4) is 0 Å². The molecular weight excluding hydrogens is 190 g/mol. The Balaban J connectivity index is 2.53. The van der Waals surface area contributed by atoms with Crippen molar-refractivity contribution in [3.8, 4) is 0 Å². The molecule has 2 rings (SSSR count). The van der Waals surface area contributed by atoms with E-state index in [9.17, 15) is 4.79 Å². The summed E-state index contributed by atoms with van der Waals surface area (Å²) in [5.74, 6) is 0.416. The molecule has 15 heavy (non-hydrogen) atoms. The van der Waals surface area contributed by atoms with Gasteiger partial charge in [-0.1, -0.05) is 13.8 Å². The summed E-state index contributed by atoms with van der Waals surface area (Å²) in [7, 11) is 0. The van der Waals surface area contributed by atoms with Gasteiger partial charge in [-0.2, -0.15) is 0 Å². The van der Waals surface area contributed by atoms with E-state index < -0.39 is 0 Å². The molecule has 1 unspecified atom stereocenters. The van der Waals surface area contributed by atoms with E-state index >= 15 is 0 Å². The van der Waals surface area contributed by atoms with Crippen molar-refractivity contribution in [1.29, 1.82) is 0 Å². The molecule has 0 spiro atoms. The van der Waals surface area contributed by atoms with Crippen LogP contribution in [-0.4, -0.2) is 11.3 Å². The Hall–Kier alpha value is -1.64. The zero-order valence-corrected chi connectivity index (χ0v) is 8.86. The molecule has 0 radical (unpaired) electrons. The molecule has 2 aromatic heterocycles. The van der Waals surface area contributed by atoms with Crippen molar-refractivity contribution < 1.29 is 9.21 Å². The van der Waals surface area contributed by atoms with Crippen LogP contribution in [0.1, 0.15) is 42.2 Å². The average molecular weight is 203 g/mol. The topological polar surface area (TPSA) is 43.1 Å². The van der Waals surface area contributed by atoms with E-state index in [4.69, 9.17) is 4.42 Å². The summed E-state index contributed by atoms with van der Waals surface area (Å²) in [5, 5.41) is 0.789. The predicted molar refractivity (Wildman–Crippen MR) is 58.1 cm³/mol. The Morgan fingerprint density at radius 3 is 3.07 bits per heavy atom. The van der Waals surface area contributed by atoms with Crippen LogP contribution in [0.15, 0.2) is 22.9 Å². The second-order valence-electron chi connectivity index (χ2n) is 3.72. The zero-order chi connectivity index (χ0) is 10.8. The Morgan fingerprint density at radius 1 is 1.60 bits per heavy atom. The summed E-state index contributed by atoms with van der Waals surface area (Å²) in [5.41, 5.74) is 2.31. The maximum Gasteiger partial charge on any atom is 0.153 e. The van der Waals surface area contributed by atoms with Gasteiger partial charge in [-0.15, -0.1) is 0 Å². The number of furan rings is 1. The molecule has 0 aliphatic rings. The van der Waals surface area contributed by atoms with Gasteiger partial charge in [-0.05, 0) is 12.3 Å². The molecule has 0 fully saturated rings. The van der Waals surface area contributed by atoms with Crippen molar-refractivity contribution in [1.82, 2.24) is 4.98 Å². The standard InChI is InChI=1S/C12H13NO2/c1-3-8(2)11-4-12-10(5-13-11)9(6-14)7-15-12/h4-8H,3H2,1-2H3. The van der Waals surface area contributed by atoms with E-state index in [1.165, 1.54) is 6.26 Å². The molecule has 3 nitrogen and oxygen atoms in total. The van der Waals surface area contributed by atoms with E-state index in [0.717, 1.165) is 29.4 Å². The lowest BCUT2D eigenvalue weighted by Gasteiger charge is -2.06. The van der Waals surface area contributed by atoms with Crippen molar-refractivity contribution in [3.05, 3.63) is 29.8 Å². The van der Waals surface area contributed by atoms with Gasteiger partial charge >= 0.3 is 0 Å². The van der Waals surface area contributed by atoms with Gasteiger partial charge < -0.3 is 4.42 Å². The molecule has 3 heteroatoms. The quantitative estimate of drug-likeness (QED) is 0.719. The molecule has 0 aliphatic carbocycles. The van der Waals surface area contributed by atoms with E-state index in [1.807, 2.05) is 6.07 Å². The van der Waals surface area contributed by atoms with Crippen LogP contribution < -0.4 is 0 Å². The number of pyridine rings is 1. The number of fused-ring (bicyclic) bond motifs is 1. The smallest absolute Gasteiger partial charge is 0.153 e. The minimum atomic E-state index is 0.416. The molecule has 2 aromatic rings. The van der Waals surface area contributed by atoms with Gasteiger partial charge in [0.25, 0.3) is 0 Å². The molecule has 0 aromatic carbocycles. The maximum absolute atomic E-state index is 10.7. The van der Waals surface area contributed by atoms with Crippen LogP contribution in [0.4, 0.5) is 0 Å². The second-order valence-corrected chi connectivity index (χ2v) is 3.72. The predicted octanol–water partition coefficient (Wildman–Crippen LogP) is 3.15. The van der Waals surface area contributed by atoms with Crippen LogP contribution in [0, 0.1) is 0 Å². The van der Waals surface area contributed by atoms with Crippen LogP contribution in [0.2, 0.25) is 0 Å². The van der Waals surface area contributed by atoms with Crippen LogP contribution in [0.5, 0.6) is 0 Å². The van der Waals surface area contributed by atoms with E-state index in [1.54, 1.807) is 6.20 Å².